The molecule has 3 rings (SSSR count). The predicted molar refractivity (Wildman–Crippen MR) is 105 cm³/mol. The number of carbonyl (C=O) groups is 3. The fraction of sp³-hybridized carbons (Fsp3) is 0.286. The van der Waals surface area contributed by atoms with Gasteiger partial charge < -0.3 is 18.9 Å². The van der Waals surface area contributed by atoms with E-state index < -0.39 is 30.5 Å². The van der Waals surface area contributed by atoms with Crippen LogP contribution in [0.5, 0.6) is 17.2 Å². The van der Waals surface area contributed by atoms with Crippen molar-refractivity contribution in [3.05, 3.63) is 53.6 Å². The third-order valence-corrected chi connectivity index (χ3v) is 4.23. The van der Waals surface area contributed by atoms with Gasteiger partial charge in [-0.1, -0.05) is 30.3 Å². The molecule has 0 spiro atoms. The molecule has 1 aliphatic rings. The van der Waals surface area contributed by atoms with Gasteiger partial charge in [0.1, 0.15) is 12.4 Å². The first kappa shape index (κ1) is 21.0. The lowest BCUT2D eigenvalue weighted by Crippen LogP contribution is -2.51. The summed E-state index contributed by atoms with van der Waals surface area (Å²) in [7, 11) is 0. The van der Waals surface area contributed by atoms with Gasteiger partial charge in [0.25, 0.3) is 11.8 Å². The summed E-state index contributed by atoms with van der Waals surface area (Å²) in [6.45, 7) is 2.83. The van der Waals surface area contributed by atoms with Gasteiger partial charge in [0.2, 0.25) is 6.10 Å². The number of benzene rings is 2. The third-order valence-electron chi connectivity index (χ3n) is 4.23. The molecule has 2 aromatic rings. The molecule has 2 amide bonds. The molecule has 0 fully saturated rings. The fourth-order valence-electron chi connectivity index (χ4n) is 2.74. The van der Waals surface area contributed by atoms with E-state index in [9.17, 15) is 14.4 Å². The lowest BCUT2D eigenvalue weighted by molar-refractivity contribution is -0.151. The zero-order chi connectivity index (χ0) is 21.5. The van der Waals surface area contributed by atoms with E-state index in [4.69, 9.17) is 18.9 Å². The van der Waals surface area contributed by atoms with Gasteiger partial charge in [-0.3, -0.25) is 20.4 Å². The van der Waals surface area contributed by atoms with Crippen molar-refractivity contribution in [2.75, 3.05) is 19.8 Å². The van der Waals surface area contributed by atoms with Gasteiger partial charge in [0.15, 0.2) is 24.7 Å². The Bertz CT molecular complexity index is 924. The summed E-state index contributed by atoms with van der Waals surface area (Å²) in [5, 5.41) is 0. The van der Waals surface area contributed by atoms with Crippen LogP contribution in [0.15, 0.2) is 42.5 Å². The summed E-state index contributed by atoms with van der Waals surface area (Å²) in [4.78, 5) is 35.7. The maximum absolute atomic E-state index is 12.1. The lowest BCUT2D eigenvalue weighted by atomic mass is 10.1. The van der Waals surface area contributed by atoms with E-state index in [1.54, 1.807) is 24.3 Å². The molecule has 30 heavy (non-hydrogen) atoms. The van der Waals surface area contributed by atoms with Gasteiger partial charge in [-0.15, -0.1) is 0 Å². The molecule has 0 saturated heterocycles. The van der Waals surface area contributed by atoms with Crippen LogP contribution >= 0.6 is 0 Å². The number of hydrazine groups is 1. The summed E-state index contributed by atoms with van der Waals surface area (Å²) in [6.07, 6.45) is -0.923. The average Bonchev–Trinajstić information content (AvgIpc) is 2.75. The molecule has 1 heterocycles. The van der Waals surface area contributed by atoms with Gasteiger partial charge >= 0.3 is 5.97 Å². The number of esters is 1. The van der Waals surface area contributed by atoms with Crippen LogP contribution in [-0.4, -0.2) is 43.7 Å². The number of aryl methyl sites for hydroxylation is 2. The fourth-order valence-corrected chi connectivity index (χ4v) is 2.74. The smallest absolute Gasteiger partial charge is 0.344 e. The van der Waals surface area contributed by atoms with Crippen LogP contribution in [0.25, 0.3) is 0 Å². The van der Waals surface area contributed by atoms with Gasteiger partial charge in [-0.25, -0.2) is 4.79 Å². The van der Waals surface area contributed by atoms with Crippen LogP contribution in [0, 0.1) is 13.8 Å². The minimum Gasteiger partial charge on any atom is -0.485 e. The zero-order valence-corrected chi connectivity index (χ0v) is 16.6. The Balaban J connectivity index is 1.36. The topological polar surface area (TPSA) is 112 Å². The minimum absolute atomic E-state index is 0.00333. The van der Waals surface area contributed by atoms with E-state index in [0.29, 0.717) is 17.2 Å². The van der Waals surface area contributed by atoms with Crippen molar-refractivity contribution in [2.45, 2.75) is 20.0 Å². The number of ether oxygens (including phenoxy) is 4. The normalized spacial score (nSPS) is 14.4. The number of amides is 2. The highest BCUT2D eigenvalue weighted by molar-refractivity contribution is 5.86. The summed E-state index contributed by atoms with van der Waals surface area (Å²) < 4.78 is 21.3. The van der Waals surface area contributed by atoms with Crippen LogP contribution in [0.3, 0.4) is 0 Å². The van der Waals surface area contributed by atoms with Gasteiger partial charge in [-0.05, 0) is 37.1 Å². The quantitative estimate of drug-likeness (QED) is 0.540. The molecule has 158 valence electrons. The summed E-state index contributed by atoms with van der Waals surface area (Å²) in [5.74, 6) is -0.431. The standard InChI is InChI=1S/C21H22N2O7/c1-13-6-5-7-14(2)20(13)29-12-19(25)28-11-18(24)22-23-21(26)17-10-27-15-8-3-4-9-16(15)30-17/h3-9,17H,10-12H2,1-2H3,(H,22,24)(H,23,26). The largest absolute Gasteiger partial charge is 0.485 e. The van der Waals surface area contributed by atoms with Gasteiger partial charge in [-0.2, -0.15) is 0 Å². The lowest BCUT2D eigenvalue weighted by Gasteiger charge is -2.25. The Kier molecular flexibility index (Phi) is 6.74. The molecule has 0 aromatic heterocycles. The summed E-state index contributed by atoms with van der Waals surface area (Å²) in [5.41, 5.74) is 6.15. The molecule has 1 atom stereocenters. The second kappa shape index (κ2) is 9.64. The number of carbonyl (C=O) groups excluding carboxylic acids is 3. The van der Waals surface area contributed by atoms with Crippen molar-refractivity contribution in [3.8, 4) is 17.2 Å². The van der Waals surface area contributed by atoms with Crippen LogP contribution in [0.2, 0.25) is 0 Å². The second-order valence-electron chi connectivity index (χ2n) is 6.57. The summed E-state index contributed by atoms with van der Waals surface area (Å²) >= 11 is 0. The SMILES string of the molecule is Cc1cccc(C)c1OCC(=O)OCC(=O)NNC(=O)C1COc2ccccc2O1. The Hall–Kier alpha value is -3.75. The molecule has 9 nitrogen and oxygen atoms in total. The Morgan fingerprint density at radius 2 is 1.67 bits per heavy atom. The maximum Gasteiger partial charge on any atom is 0.344 e. The van der Waals surface area contributed by atoms with E-state index in [0.717, 1.165) is 11.1 Å². The first-order valence-corrected chi connectivity index (χ1v) is 9.26. The molecule has 0 bridgehead atoms. The molecule has 1 aliphatic heterocycles. The molecule has 2 aromatic carbocycles. The van der Waals surface area contributed by atoms with Gasteiger partial charge in [0.05, 0.1) is 0 Å². The van der Waals surface area contributed by atoms with Crippen molar-refractivity contribution < 1.29 is 33.3 Å². The molecular formula is C21H22N2O7. The molecule has 0 saturated carbocycles. The average molecular weight is 414 g/mol. The highest BCUT2D eigenvalue weighted by atomic mass is 16.6. The van der Waals surface area contributed by atoms with Crippen molar-refractivity contribution in [1.82, 2.24) is 10.9 Å². The van der Waals surface area contributed by atoms with Crippen molar-refractivity contribution in [3.63, 3.8) is 0 Å². The maximum atomic E-state index is 12.1. The zero-order valence-electron chi connectivity index (χ0n) is 16.6. The molecule has 2 N–H and O–H groups in total. The second-order valence-corrected chi connectivity index (χ2v) is 6.57. The molecular weight excluding hydrogens is 392 g/mol. The Labute approximate surface area is 173 Å². The first-order valence-electron chi connectivity index (χ1n) is 9.26. The molecule has 9 heteroatoms. The van der Waals surface area contributed by atoms with Crippen LogP contribution in [0.1, 0.15) is 11.1 Å². The highest BCUT2D eigenvalue weighted by Gasteiger charge is 2.27. The molecule has 0 aliphatic carbocycles. The number of fused-ring (bicyclic) bond motifs is 1. The summed E-state index contributed by atoms with van der Waals surface area (Å²) in [6, 6.07) is 12.6. The number of hydrogen-bond donors (Lipinski definition) is 2. The number of rotatable bonds is 6. The molecule has 0 radical (unpaired) electrons. The van der Waals surface area contributed by atoms with Crippen molar-refractivity contribution >= 4 is 17.8 Å². The number of nitrogens with one attached hydrogen (secondary N) is 2. The highest BCUT2D eigenvalue weighted by Crippen LogP contribution is 2.30. The number of hydrogen-bond acceptors (Lipinski definition) is 7. The Morgan fingerprint density at radius 3 is 2.40 bits per heavy atom. The third kappa shape index (κ3) is 5.40. The van der Waals surface area contributed by atoms with Gasteiger partial charge in [0, 0.05) is 0 Å². The minimum atomic E-state index is -0.923. The van der Waals surface area contributed by atoms with Crippen LogP contribution in [-0.2, 0) is 19.1 Å². The van der Waals surface area contributed by atoms with Crippen molar-refractivity contribution in [1.29, 1.82) is 0 Å². The molecule has 1 unspecified atom stereocenters. The van der Waals surface area contributed by atoms with E-state index in [2.05, 4.69) is 10.9 Å². The first-order chi connectivity index (χ1) is 14.4. The van der Waals surface area contributed by atoms with E-state index in [1.165, 1.54) is 0 Å². The van der Waals surface area contributed by atoms with E-state index in [-0.39, 0.29) is 13.2 Å². The monoisotopic (exact) mass is 414 g/mol. The van der Waals surface area contributed by atoms with E-state index >= 15 is 0 Å². The van der Waals surface area contributed by atoms with Crippen LogP contribution in [0.4, 0.5) is 0 Å². The number of para-hydroxylation sites is 3. The predicted octanol–water partition coefficient (Wildman–Crippen LogP) is 1.21. The van der Waals surface area contributed by atoms with Crippen LogP contribution < -0.4 is 25.1 Å². The van der Waals surface area contributed by atoms with E-state index in [1.807, 2.05) is 32.0 Å². The Morgan fingerprint density at radius 1 is 0.967 bits per heavy atom. The van der Waals surface area contributed by atoms with Crippen molar-refractivity contribution in [2.24, 2.45) is 0 Å².